The summed E-state index contributed by atoms with van der Waals surface area (Å²) in [6.07, 6.45) is 3.69. The lowest BCUT2D eigenvalue weighted by atomic mass is 10.0. The average molecular weight is 274 g/mol. The number of nitrogens with zero attached hydrogens (tertiary/aromatic N) is 2. The SMILES string of the molecule is Cc1ccc(CCC(=O)N2CCC(N(C)C)CC2)cc1. The van der Waals surface area contributed by atoms with Crippen LogP contribution in [0.15, 0.2) is 24.3 Å². The van der Waals surface area contributed by atoms with E-state index in [2.05, 4.69) is 50.2 Å². The van der Waals surface area contributed by atoms with Crippen LogP contribution in [0.5, 0.6) is 0 Å². The van der Waals surface area contributed by atoms with Crippen molar-refractivity contribution in [2.24, 2.45) is 0 Å². The van der Waals surface area contributed by atoms with Gasteiger partial charge in [-0.25, -0.2) is 0 Å². The van der Waals surface area contributed by atoms with E-state index in [4.69, 9.17) is 0 Å². The molecule has 0 saturated carbocycles. The lowest BCUT2D eigenvalue weighted by molar-refractivity contribution is -0.132. The highest BCUT2D eigenvalue weighted by atomic mass is 16.2. The van der Waals surface area contributed by atoms with Crippen molar-refractivity contribution in [3.05, 3.63) is 35.4 Å². The van der Waals surface area contributed by atoms with Crippen molar-refractivity contribution in [1.82, 2.24) is 9.80 Å². The molecular formula is C17H26N2O. The van der Waals surface area contributed by atoms with Gasteiger partial charge in [-0.3, -0.25) is 4.79 Å². The van der Waals surface area contributed by atoms with Crippen LogP contribution in [0.25, 0.3) is 0 Å². The van der Waals surface area contributed by atoms with Gasteiger partial charge in [-0.2, -0.15) is 0 Å². The fraction of sp³-hybridized carbons (Fsp3) is 0.588. The minimum Gasteiger partial charge on any atom is -0.343 e. The van der Waals surface area contributed by atoms with Gasteiger partial charge in [0.1, 0.15) is 0 Å². The van der Waals surface area contributed by atoms with Crippen LogP contribution in [0.4, 0.5) is 0 Å². The van der Waals surface area contributed by atoms with Crippen molar-refractivity contribution < 1.29 is 4.79 Å². The van der Waals surface area contributed by atoms with Gasteiger partial charge in [-0.15, -0.1) is 0 Å². The molecule has 0 spiro atoms. The van der Waals surface area contributed by atoms with E-state index in [9.17, 15) is 4.79 Å². The molecule has 1 saturated heterocycles. The third-order valence-corrected chi connectivity index (χ3v) is 4.30. The molecule has 20 heavy (non-hydrogen) atoms. The number of hydrogen-bond donors (Lipinski definition) is 0. The van der Waals surface area contributed by atoms with E-state index in [0.717, 1.165) is 32.4 Å². The van der Waals surface area contributed by atoms with Crippen LogP contribution in [0.2, 0.25) is 0 Å². The summed E-state index contributed by atoms with van der Waals surface area (Å²) in [4.78, 5) is 16.5. The van der Waals surface area contributed by atoms with Crippen molar-refractivity contribution in [2.45, 2.75) is 38.6 Å². The van der Waals surface area contributed by atoms with Crippen molar-refractivity contribution in [3.8, 4) is 0 Å². The predicted molar refractivity (Wildman–Crippen MR) is 82.8 cm³/mol. The molecule has 1 aliphatic rings. The number of rotatable bonds is 4. The van der Waals surface area contributed by atoms with E-state index in [-0.39, 0.29) is 0 Å². The average Bonchev–Trinajstić information content (AvgIpc) is 2.46. The monoisotopic (exact) mass is 274 g/mol. The Morgan fingerprint density at radius 1 is 1.20 bits per heavy atom. The van der Waals surface area contributed by atoms with Crippen molar-refractivity contribution in [2.75, 3.05) is 27.2 Å². The maximum atomic E-state index is 12.2. The third kappa shape index (κ3) is 4.07. The number of amides is 1. The Kier molecular flexibility index (Phi) is 5.18. The van der Waals surface area contributed by atoms with Crippen LogP contribution in [0.1, 0.15) is 30.4 Å². The topological polar surface area (TPSA) is 23.6 Å². The number of piperidine rings is 1. The van der Waals surface area contributed by atoms with Gasteiger partial charge in [0.15, 0.2) is 0 Å². The van der Waals surface area contributed by atoms with Crippen molar-refractivity contribution in [1.29, 1.82) is 0 Å². The fourth-order valence-corrected chi connectivity index (χ4v) is 2.80. The van der Waals surface area contributed by atoms with Crippen LogP contribution in [0, 0.1) is 6.92 Å². The molecule has 0 aliphatic carbocycles. The molecule has 3 nitrogen and oxygen atoms in total. The molecule has 0 N–H and O–H groups in total. The predicted octanol–water partition coefficient (Wildman–Crippen LogP) is 2.48. The zero-order valence-corrected chi connectivity index (χ0v) is 12.9. The summed E-state index contributed by atoms with van der Waals surface area (Å²) in [5.41, 5.74) is 2.53. The summed E-state index contributed by atoms with van der Waals surface area (Å²) in [6.45, 7) is 3.91. The van der Waals surface area contributed by atoms with Gasteiger partial charge in [-0.1, -0.05) is 29.8 Å². The van der Waals surface area contributed by atoms with E-state index < -0.39 is 0 Å². The molecule has 0 bridgehead atoms. The Morgan fingerprint density at radius 3 is 2.35 bits per heavy atom. The molecule has 110 valence electrons. The Hall–Kier alpha value is -1.35. The maximum Gasteiger partial charge on any atom is 0.222 e. The van der Waals surface area contributed by atoms with Gasteiger partial charge >= 0.3 is 0 Å². The highest BCUT2D eigenvalue weighted by molar-refractivity contribution is 5.76. The van der Waals surface area contributed by atoms with Crippen molar-refractivity contribution >= 4 is 5.91 Å². The van der Waals surface area contributed by atoms with E-state index >= 15 is 0 Å². The number of aryl methyl sites for hydroxylation is 2. The Balaban J connectivity index is 1.77. The van der Waals surface area contributed by atoms with E-state index in [0.29, 0.717) is 18.4 Å². The molecule has 1 fully saturated rings. The first-order valence-electron chi connectivity index (χ1n) is 7.56. The van der Waals surface area contributed by atoms with E-state index in [1.807, 2.05) is 4.90 Å². The van der Waals surface area contributed by atoms with Gasteiger partial charge in [0, 0.05) is 25.6 Å². The molecule has 0 atom stereocenters. The highest BCUT2D eigenvalue weighted by Gasteiger charge is 2.23. The quantitative estimate of drug-likeness (QED) is 0.842. The summed E-state index contributed by atoms with van der Waals surface area (Å²) < 4.78 is 0. The fourth-order valence-electron chi connectivity index (χ4n) is 2.80. The summed E-state index contributed by atoms with van der Waals surface area (Å²) in [5.74, 6) is 0.308. The van der Waals surface area contributed by atoms with Crippen LogP contribution in [-0.2, 0) is 11.2 Å². The Bertz CT molecular complexity index is 431. The van der Waals surface area contributed by atoms with Crippen LogP contribution in [0.3, 0.4) is 0 Å². The van der Waals surface area contributed by atoms with Crippen LogP contribution < -0.4 is 0 Å². The second kappa shape index (κ2) is 6.89. The molecule has 1 amide bonds. The molecule has 1 aromatic rings. The zero-order valence-electron chi connectivity index (χ0n) is 12.9. The van der Waals surface area contributed by atoms with Gasteiger partial charge in [0.2, 0.25) is 5.91 Å². The summed E-state index contributed by atoms with van der Waals surface area (Å²) in [5, 5.41) is 0. The number of hydrogen-bond acceptors (Lipinski definition) is 2. The first-order chi connectivity index (χ1) is 9.56. The lowest BCUT2D eigenvalue weighted by Crippen LogP contribution is -2.44. The second-order valence-corrected chi connectivity index (χ2v) is 6.06. The highest BCUT2D eigenvalue weighted by Crippen LogP contribution is 2.15. The number of benzene rings is 1. The van der Waals surface area contributed by atoms with Crippen molar-refractivity contribution in [3.63, 3.8) is 0 Å². The molecule has 1 heterocycles. The molecule has 0 unspecified atom stereocenters. The van der Waals surface area contributed by atoms with Gasteiger partial charge in [-0.05, 0) is 45.8 Å². The standard InChI is InChI=1S/C17H26N2O/c1-14-4-6-15(7-5-14)8-9-17(20)19-12-10-16(11-13-19)18(2)3/h4-7,16H,8-13H2,1-3H3. The molecule has 0 aromatic heterocycles. The first kappa shape index (κ1) is 15.0. The molecule has 0 radical (unpaired) electrons. The molecule has 1 aliphatic heterocycles. The molecule has 1 aromatic carbocycles. The molecular weight excluding hydrogens is 248 g/mol. The normalized spacial score (nSPS) is 16.7. The van der Waals surface area contributed by atoms with Crippen LogP contribution >= 0.6 is 0 Å². The minimum atomic E-state index is 0.308. The largest absolute Gasteiger partial charge is 0.343 e. The zero-order chi connectivity index (χ0) is 14.5. The smallest absolute Gasteiger partial charge is 0.222 e. The van der Waals surface area contributed by atoms with Crippen LogP contribution in [-0.4, -0.2) is 48.9 Å². The third-order valence-electron chi connectivity index (χ3n) is 4.30. The summed E-state index contributed by atoms with van der Waals surface area (Å²) in [6, 6.07) is 9.11. The molecule has 2 rings (SSSR count). The van der Waals surface area contributed by atoms with E-state index in [1.165, 1.54) is 11.1 Å². The Morgan fingerprint density at radius 2 is 1.80 bits per heavy atom. The van der Waals surface area contributed by atoms with E-state index in [1.54, 1.807) is 0 Å². The van der Waals surface area contributed by atoms with Gasteiger partial charge in [0.05, 0.1) is 0 Å². The molecule has 3 heteroatoms. The number of carbonyl (C=O) groups is 1. The second-order valence-electron chi connectivity index (χ2n) is 6.06. The van der Waals surface area contributed by atoms with Gasteiger partial charge < -0.3 is 9.80 Å². The van der Waals surface area contributed by atoms with Gasteiger partial charge in [0.25, 0.3) is 0 Å². The minimum absolute atomic E-state index is 0.308. The summed E-state index contributed by atoms with van der Waals surface area (Å²) >= 11 is 0. The maximum absolute atomic E-state index is 12.2. The number of carbonyl (C=O) groups excluding carboxylic acids is 1. The Labute approximate surface area is 122 Å². The summed E-state index contributed by atoms with van der Waals surface area (Å²) in [7, 11) is 4.25. The number of likely N-dealkylation sites (tertiary alicyclic amines) is 1. The first-order valence-corrected chi connectivity index (χ1v) is 7.56. The lowest BCUT2D eigenvalue weighted by Gasteiger charge is -2.35.